The van der Waals surface area contributed by atoms with E-state index in [-0.39, 0.29) is 18.1 Å². The fraction of sp³-hybridized carbons (Fsp3) is 0.571. The number of rotatable bonds is 5. The van der Waals surface area contributed by atoms with Gasteiger partial charge in [0.05, 0.1) is 12.2 Å². The molecule has 1 aromatic carbocycles. The zero-order valence-corrected chi connectivity index (χ0v) is 11.1. The lowest BCUT2D eigenvalue weighted by Gasteiger charge is -2.22. The molecule has 0 bridgehead atoms. The van der Waals surface area contributed by atoms with Gasteiger partial charge in [-0.15, -0.1) is 0 Å². The minimum absolute atomic E-state index is 0.156. The predicted octanol–water partition coefficient (Wildman–Crippen LogP) is 2.49. The van der Waals surface area contributed by atoms with E-state index in [2.05, 4.69) is 0 Å². The lowest BCUT2D eigenvalue weighted by molar-refractivity contribution is 0.125. The van der Waals surface area contributed by atoms with Gasteiger partial charge in [0, 0.05) is 6.04 Å². The molecular formula is C14H23NO2. The molecule has 0 heterocycles. The molecule has 0 spiro atoms. The van der Waals surface area contributed by atoms with Crippen molar-refractivity contribution in [2.24, 2.45) is 11.7 Å². The SMILES string of the molecule is CC(C)Oc1ccc(C(O)C(N)C(C)C)cc1. The second kappa shape index (κ2) is 6.03. The Balaban J connectivity index is 2.73. The maximum absolute atomic E-state index is 10.1. The summed E-state index contributed by atoms with van der Waals surface area (Å²) in [5.74, 6) is 1.06. The van der Waals surface area contributed by atoms with Crippen molar-refractivity contribution in [1.82, 2.24) is 0 Å². The van der Waals surface area contributed by atoms with Crippen molar-refractivity contribution < 1.29 is 9.84 Å². The van der Waals surface area contributed by atoms with E-state index in [1.165, 1.54) is 0 Å². The van der Waals surface area contributed by atoms with Crippen LogP contribution in [0.2, 0.25) is 0 Å². The van der Waals surface area contributed by atoms with E-state index >= 15 is 0 Å². The van der Waals surface area contributed by atoms with Crippen LogP contribution in [0.1, 0.15) is 39.4 Å². The molecule has 0 saturated heterocycles. The average Bonchev–Trinajstić information content (AvgIpc) is 2.27. The predicted molar refractivity (Wildman–Crippen MR) is 70.0 cm³/mol. The van der Waals surface area contributed by atoms with E-state index in [1.54, 1.807) is 0 Å². The van der Waals surface area contributed by atoms with Crippen molar-refractivity contribution in [3.05, 3.63) is 29.8 Å². The van der Waals surface area contributed by atoms with Gasteiger partial charge in [-0.2, -0.15) is 0 Å². The molecule has 0 aliphatic heterocycles. The van der Waals surface area contributed by atoms with Crippen LogP contribution in [0.3, 0.4) is 0 Å². The molecular weight excluding hydrogens is 214 g/mol. The summed E-state index contributed by atoms with van der Waals surface area (Å²) in [6, 6.07) is 7.22. The van der Waals surface area contributed by atoms with Gasteiger partial charge < -0.3 is 15.6 Å². The van der Waals surface area contributed by atoms with Crippen LogP contribution in [0.4, 0.5) is 0 Å². The Morgan fingerprint density at radius 2 is 1.59 bits per heavy atom. The van der Waals surface area contributed by atoms with Crippen LogP contribution in [-0.4, -0.2) is 17.3 Å². The van der Waals surface area contributed by atoms with Crippen molar-refractivity contribution in [3.8, 4) is 5.75 Å². The van der Waals surface area contributed by atoms with E-state index in [4.69, 9.17) is 10.5 Å². The third kappa shape index (κ3) is 4.02. The summed E-state index contributed by atoms with van der Waals surface area (Å²) in [6.07, 6.45) is -0.466. The summed E-state index contributed by atoms with van der Waals surface area (Å²) in [4.78, 5) is 0. The number of benzene rings is 1. The topological polar surface area (TPSA) is 55.5 Å². The van der Waals surface area contributed by atoms with Gasteiger partial charge in [0.1, 0.15) is 5.75 Å². The van der Waals surface area contributed by atoms with Crippen molar-refractivity contribution in [1.29, 1.82) is 0 Å². The quantitative estimate of drug-likeness (QED) is 0.827. The van der Waals surface area contributed by atoms with E-state index in [0.717, 1.165) is 11.3 Å². The fourth-order valence-electron chi connectivity index (χ4n) is 1.60. The summed E-state index contributed by atoms with van der Waals surface area (Å²) in [7, 11) is 0. The molecule has 0 saturated carbocycles. The summed E-state index contributed by atoms with van der Waals surface area (Å²) < 4.78 is 5.54. The molecule has 0 radical (unpaired) electrons. The van der Waals surface area contributed by atoms with Crippen molar-refractivity contribution >= 4 is 0 Å². The fourth-order valence-corrected chi connectivity index (χ4v) is 1.60. The third-order valence-corrected chi connectivity index (χ3v) is 2.73. The van der Waals surface area contributed by atoms with Crippen molar-refractivity contribution in [2.45, 2.75) is 45.9 Å². The molecule has 0 aromatic heterocycles. The molecule has 0 aliphatic carbocycles. The molecule has 0 amide bonds. The van der Waals surface area contributed by atoms with Gasteiger partial charge in [-0.25, -0.2) is 0 Å². The number of nitrogens with two attached hydrogens (primary N) is 1. The standard InChI is InChI=1S/C14H23NO2/c1-9(2)13(15)14(16)11-5-7-12(8-6-11)17-10(3)4/h5-10,13-14,16H,15H2,1-4H3. The third-order valence-electron chi connectivity index (χ3n) is 2.73. The maximum Gasteiger partial charge on any atom is 0.119 e. The number of hydrogen-bond donors (Lipinski definition) is 2. The second-order valence-corrected chi connectivity index (χ2v) is 5.00. The van der Waals surface area contributed by atoms with Crippen LogP contribution in [-0.2, 0) is 0 Å². The molecule has 0 aliphatic rings. The molecule has 3 nitrogen and oxygen atoms in total. The van der Waals surface area contributed by atoms with E-state index < -0.39 is 6.10 Å². The number of hydrogen-bond acceptors (Lipinski definition) is 3. The highest BCUT2D eigenvalue weighted by Crippen LogP contribution is 2.23. The first-order chi connectivity index (χ1) is 7.91. The minimum Gasteiger partial charge on any atom is -0.491 e. The average molecular weight is 237 g/mol. The molecule has 0 fully saturated rings. The Kier molecular flexibility index (Phi) is 4.97. The van der Waals surface area contributed by atoms with Crippen LogP contribution in [0, 0.1) is 5.92 Å². The summed E-state index contributed by atoms with van der Waals surface area (Å²) in [6.45, 7) is 7.98. The first kappa shape index (κ1) is 14.0. The van der Waals surface area contributed by atoms with Crippen molar-refractivity contribution in [3.63, 3.8) is 0 Å². The Labute approximate surface area is 104 Å². The largest absolute Gasteiger partial charge is 0.491 e. The highest BCUT2D eigenvalue weighted by molar-refractivity contribution is 5.29. The van der Waals surface area contributed by atoms with Crippen LogP contribution in [0.25, 0.3) is 0 Å². The highest BCUT2D eigenvalue weighted by Gasteiger charge is 2.19. The maximum atomic E-state index is 10.1. The molecule has 2 atom stereocenters. The first-order valence-corrected chi connectivity index (χ1v) is 6.12. The molecule has 3 N–H and O–H groups in total. The molecule has 1 rings (SSSR count). The Hall–Kier alpha value is -1.06. The molecule has 17 heavy (non-hydrogen) atoms. The molecule has 3 heteroatoms. The first-order valence-electron chi connectivity index (χ1n) is 6.12. The number of ether oxygens (including phenoxy) is 1. The summed E-state index contributed by atoms with van der Waals surface area (Å²) >= 11 is 0. The molecule has 96 valence electrons. The lowest BCUT2D eigenvalue weighted by atomic mass is 9.94. The highest BCUT2D eigenvalue weighted by atomic mass is 16.5. The van der Waals surface area contributed by atoms with Crippen LogP contribution < -0.4 is 10.5 Å². The Bertz CT molecular complexity index is 333. The number of aliphatic hydroxyl groups is 1. The van der Waals surface area contributed by atoms with E-state index in [1.807, 2.05) is 52.0 Å². The van der Waals surface area contributed by atoms with Gasteiger partial charge in [-0.3, -0.25) is 0 Å². The smallest absolute Gasteiger partial charge is 0.119 e. The van der Waals surface area contributed by atoms with Gasteiger partial charge in [-0.1, -0.05) is 26.0 Å². The molecule has 2 unspecified atom stereocenters. The zero-order chi connectivity index (χ0) is 13.0. The lowest BCUT2D eigenvalue weighted by Crippen LogP contribution is -2.33. The van der Waals surface area contributed by atoms with Crippen LogP contribution in [0.5, 0.6) is 5.75 Å². The number of aliphatic hydroxyl groups excluding tert-OH is 1. The van der Waals surface area contributed by atoms with E-state index in [9.17, 15) is 5.11 Å². The zero-order valence-electron chi connectivity index (χ0n) is 11.1. The monoisotopic (exact) mass is 237 g/mol. The normalized spacial score (nSPS) is 15.1. The second-order valence-electron chi connectivity index (χ2n) is 5.00. The summed E-state index contributed by atoms with van der Waals surface area (Å²) in [5, 5.41) is 10.1. The van der Waals surface area contributed by atoms with Gasteiger partial charge in [0.15, 0.2) is 0 Å². The van der Waals surface area contributed by atoms with Gasteiger partial charge in [0.2, 0.25) is 0 Å². The minimum atomic E-state index is -0.622. The van der Waals surface area contributed by atoms with Crippen molar-refractivity contribution in [2.75, 3.05) is 0 Å². The Morgan fingerprint density at radius 1 is 1.06 bits per heavy atom. The van der Waals surface area contributed by atoms with Gasteiger partial charge in [-0.05, 0) is 37.5 Å². The van der Waals surface area contributed by atoms with Crippen LogP contribution in [0.15, 0.2) is 24.3 Å². The van der Waals surface area contributed by atoms with E-state index in [0.29, 0.717) is 0 Å². The van der Waals surface area contributed by atoms with Gasteiger partial charge >= 0.3 is 0 Å². The molecule has 1 aromatic rings. The Morgan fingerprint density at radius 3 is 2.00 bits per heavy atom. The summed E-state index contributed by atoms with van der Waals surface area (Å²) in [5.41, 5.74) is 6.77. The van der Waals surface area contributed by atoms with Crippen LogP contribution >= 0.6 is 0 Å². The van der Waals surface area contributed by atoms with Gasteiger partial charge in [0.25, 0.3) is 0 Å².